The van der Waals surface area contributed by atoms with Gasteiger partial charge in [0.15, 0.2) is 0 Å². The van der Waals surface area contributed by atoms with E-state index in [0.717, 1.165) is 15.2 Å². The van der Waals surface area contributed by atoms with Crippen LogP contribution in [0.4, 0.5) is 5.69 Å². The lowest BCUT2D eigenvalue weighted by Crippen LogP contribution is -2.20. The van der Waals surface area contributed by atoms with Gasteiger partial charge >= 0.3 is 0 Å². The fourth-order valence-electron chi connectivity index (χ4n) is 1.09. The number of halogens is 1. The third-order valence-corrected chi connectivity index (χ3v) is 2.49. The number of aryl methyl sites for hydroxylation is 1. The molecule has 0 fully saturated rings. The van der Waals surface area contributed by atoms with Crippen LogP contribution in [-0.2, 0) is 9.59 Å². The Bertz CT molecular complexity index is 455. The Morgan fingerprint density at radius 3 is 2.62 bits per heavy atom. The molecule has 0 bridgehead atoms. The summed E-state index contributed by atoms with van der Waals surface area (Å²) in [5, 5.41) is 12.7. The van der Waals surface area contributed by atoms with Gasteiger partial charge in [-0.15, -0.1) is 0 Å². The van der Waals surface area contributed by atoms with E-state index in [1.807, 2.05) is 19.1 Å². The number of aliphatic carboxylic acids is 1. The highest BCUT2D eigenvalue weighted by atomic mass is 127. The Kier molecular flexibility index (Phi) is 4.48. The number of carbonyl (C=O) groups is 2. The van der Waals surface area contributed by atoms with Gasteiger partial charge in [0.05, 0.1) is 5.97 Å². The highest BCUT2D eigenvalue weighted by Crippen LogP contribution is 2.17. The number of carboxylic acids is 1. The average Bonchev–Trinajstić information content (AvgIpc) is 2.19. The van der Waals surface area contributed by atoms with Crippen LogP contribution in [0.3, 0.4) is 0 Å². The monoisotopic (exact) mass is 330 g/mol. The molecule has 4 nitrogen and oxygen atoms in total. The zero-order chi connectivity index (χ0) is 12.1. The van der Waals surface area contributed by atoms with Crippen LogP contribution in [-0.4, -0.2) is 11.9 Å². The largest absolute Gasteiger partial charge is 0.545 e. The summed E-state index contributed by atoms with van der Waals surface area (Å²) in [6.07, 6.45) is 1.62. The maximum absolute atomic E-state index is 11.3. The van der Waals surface area contributed by atoms with Crippen molar-refractivity contribution < 1.29 is 14.7 Å². The predicted octanol–water partition coefficient (Wildman–Crippen LogP) is 0.844. The molecule has 0 heterocycles. The van der Waals surface area contributed by atoms with Crippen molar-refractivity contribution in [3.05, 3.63) is 39.5 Å². The molecule has 0 saturated carbocycles. The van der Waals surface area contributed by atoms with E-state index in [4.69, 9.17) is 0 Å². The van der Waals surface area contributed by atoms with Gasteiger partial charge in [0, 0.05) is 15.3 Å². The summed E-state index contributed by atoms with van der Waals surface area (Å²) in [5.41, 5.74) is 1.58. The molecule has 0 aliphatic heterocycles. The number of hydrogen-bond donors (Lipinski definition) is 1. The first-order valence-corrected chi connectivity index (χ1v) is 5.53. The molecule has 0 radical (unpaired) electrons. The molecule has 16 heavy (non-hydrogen) atoms. The van der Waals surface area contributed by atoms with Gasteiger partial charge in [-0.05, 0) is 59.4 Å². The molecule has 1 rings (SSSR count). The van der Waals surface area contributed by atoms with Crippen LogP contribution in [0.25, 0.3) is 0 Å². The summed E-state index contributed by atoms with van der Waals surface area (Å²) in [7, 11) is 0. The molecule has 0 unspecified atom stereocenters. The van der Waals surface area contributed by atoms with Crippen LogP contribution >= 0.6 is 22.6 Å². The van der Waals surface area contributed by atoms with Gasteiger partial charge < -0.3 is 15.2 Å². The standard InChI is InChI=1S/C11H10INO3/c1-7-6-8(12)2-3-9(7)13-10(14)4-5-11(15)16/h2-6H,1H3,(H,13,14)(H,15,16)/p-1. The molecule has 0 aromatic heterocycles. The molecule has 0 aliphatic carbocycles. The van der Waals surface area contributed by atoms with Gasteiger partial charge in [0.1, 0.15) is 0 Å². The number of carboxylic acid groups (broad SMARTS) is 1. The van der Waals surface area contributed by atoms with E-state index in [2.05, 4.69) is 27.9 Å². The minimum Gasteiger partial charge on any atom is -0.545 e. The summed E-state index contributed by atoms with van der Waals surface area (Å²) in [5.74, 6) is -1.89. The van der Waals surface area contributed by atoms with E-state index in [-0.39, 0.29) is 0 Å². The van der Waals surface area contributed by atoms with Gasteiger partial charge in [-0.3, -0.25) is 4.79 Å². The van der Waals surface area contributed by atoms with Crippen molar-refractivity contribution in [2.24, 2.45) is 0 Å². The topological polar surface area (TPSA) is 69.2 Å². The number of amides is 1. The van der Waals surface area contributed by atoms with Crippen molar-refractivity contribution in [1.82, 2.24) is 0 Å². The molecule has 1 amide bonds. The quantitative estimate of drug-likeness (QED) is 0.660. The van der Waals surface area contributed by atoms with Gasteiger partial charge in [-0.1, -0.05) is 0 Å². The van der Waals surface area contributed by atoms with Crippen LogP contribution in [0.5, 0.6) is 0 Å². The number of benzene rings is 1. The van der Waals surface area contributed by atoms with E-state index >= 15 is 0 Å². The molecule has 0 atom stereocenters. The Labute approximate surface area is 106 Å². The number of anilines is 1. The van der Waals surface area contributed by atoms with E-state index < -0.39 is 11.9 Å². The second-order valence-electron chi connectivity index (χ2n) is 3.10. The van der Waals surface area contributed by atoms with Gasteiger partial charge in [-0.25, -0.2) is 0 Å². The summed E-state index contributed by atoms with van der Waals surface area (Å²) in [4.78, 5) is 21.4. The second kappa shape index (κ2) is 5.64. The zero-order valence-corrected chi connectivity index (χ0v) is 10.6. The maximum Gasteiger partial charge on any atom is 0.248 e. The third kappa shape index (κ3) is 4.01. The number of nitrogens with one attached hydrogen (secondary N) is 1. The first kappa shape index (κ1) is 12.7. The van der Waals surface area contributed by atoms with Crippen molar-refractivity contribution in [2.75, 3.05) is 5.32 Å². The van der Waals surface area contributed by atoms with Crippen LogP contribution < -0.4 is 10.4 Å². The Hall–Kier alpha value is -1.37. The fourth-order valence-corrected chi connectivity index (χ4v) is 1.73. The molecule has 5 heteroatoms. The first-order valence-electron chi connectivity index (χ1n) is 4.45. The molecular formula is C11H9INO3-. The van der Waals surface area contributed by atoms with E-state index in [9.17, 15) is 14.7 Å². The highest BCUT2D eigenvalue weighted by molar-refractivity contribution is 14.1. The van der Waals surface area contributed by atoms with E-state index in [1.54, 1.807) is 6.07 Å². The summed E-state index contributed by atoms with van der Waals surface area (Å²) in [6, 6.07) is 5.53. The lowest BCUT2D eigenvalue weighted by molar-refractivity contribution is -0.297. The molecular weight excluding hydrogens is 321 g/mol. The van der Waals surface area contributed by atoms with Crippen LogP contribution in [0.15, 0.2) is 30.4 Å². The van der Waals surface area contributed by atoms with E-state index in [0.29, 0.717) is 11.8 Å². The SMILES string of the molecule is Cc1cc(I)ccc1NC(=O)C=CC(=O)[O-]. The van der Waals surface area contributed by atoms with Crippen molar-refractivity contribution in [3.63, 3.8) is 0 Å². The van der Waals surface area contributed by atoms with Gasteiger partial charge in [0.25, 0.3) is 0 Å². The normalized spacial score (nSPS) is 10.4. The van der Waals surface area contributed by atoms with Crippen LogP contribution in [0, 0.1) is 10.5 Å². The smallest absolute Gasteiger partial charge is 0.248 e. The zero-order valence-electron chi connectivity index (χ0n) is 8.49. The summed E-state index contributed by atoms with van der Waals surface area (Å²) >= 11 is 2.17. The van der Waals surface area contributed by atoms with Crippen molar-refractivity contribution in [3.8, 4) is 0 Å². The maximum atomic E-state index is 11.3. The number of carbonyl (C=O) groups excluding carboxylic acids is 2. The fraction of sp³-hybridized carbons (Fsp3) is 0.0909. The molecule has 1 aromatic rings. The molecule has 0 aliphatic rings. The highest BCUT2D eigenvalue weighted by Gasteiger charge is 2.01. The Morgan fingerprint density at radius 1 is 1.38 bits per heavy atom. The van der Waals surface area contributed by atoms with E-state index in [1.165, 1.54) is 0 Å². The first-order chi connectivity index (χ1) is 7.49. The van der Waals surface area contributed by atoms with Crippen molar-refractivity contribution in [2.45, 2.75) is 6.92 Å². The summed E-state index contributed by atoms with van der Waals surface area (Å²) < 4.78 is 1.07. The Balaban J connectivity index is 2.73. The molecule has 0 spiro atoms. The summed E-state index contributed by atoms with van der Waals surface area (Å²) in [6.45, 7) is 1.86. The van der Waals surface area contributed by atoms with Crippen molar-refractivity contribution >= 4 is 40.2 Å². The van der Waals surface area contributed by atoms with Crippen molar-refractivity contribution in [1.29, 1.82) is 0 Å². The second-order valence-corrected chi connectivity index (χ2v) is 4.35. The molecule has 1 aromatic carbocycles. The minimum absolute atomic E-state index is 0.492. The average molecular weight is 330 g/mol. The lowest BCUT2D eigenvalue weighted by atomic mass is 10.2. The molecule has 0 saturated heterocycles. The van der Waals surface area contributed by atoms with Gasteiger partial charge in [0.2, 0.25) is 5.91 Å². The third-order valence-electron chi connectivity index (χ3n) is 1.82. The number of hydrogen-bond acceptors (Lipinski definition) is 3. The minimum atomic E-state index is -1.39. The molecule has 84 valence electrons. The Morgan fingerprint density at radius 2 is 2.06 bits per heavy atom. The van der Waals surface area contributed by atoms with Crippen LogP contribution in [0.1, 0.15) is 5.56 Å². The number of rotatable bonds is 3. The predicted molar refractivity (Wildman–Crippen MR) is 66.7 cm³/mol. The lowest BCUT2D eigenvalue weighted by Gasteiger charge is -2.06. The van der Waals surface area contributed by atoms with Crippen LogP contribution in [0.2, 0.25) is 0 Å². The molecule has 1 N–H and O–H groups in total. The van der Waals surface area contributed by atoms with Gasteiger partial charge in [-0.2, -0.15) is 0 Å².